The molecule has 24 heavy (non-hydrogen) atoms. The number of fused-ring (bicyclic) bond motifs is 1. The molecule has 2 aliphatic rings. The summed E-state index contributed by atoms with van der Waals surface area (Å²) in [6.07, 6.45) is 4.73. The highest BCUT2D eigenvalue weighted by atomic mass is 32.2. The van der Waals surface area contributed by atoms with Gasteiger partial charge >= 0.3 is 0 Å². The minimum Gasteiger partial charge on any atom is -0.367 e. The molecule has 0 atom stereocenters. The Kier molecular flexibility index (Phi) is 3.72. The fourth-order valence-corrected chi connectivity index (χ4v) is 5.10. The number of aryl methyl sites for hydroxylation is 1. The van der Waals surface area contributed by atoms with E-state index in [4.69, 9.17) is 0 Å². The van der Waals surface area contributed by atoms with Gasteiger partial charge in [0, 0.05) is 30.4 Å². The molecule has 0 amide bonds. The van der Waals surface area contributed by atoms with Crippen molar-refractivity contribution in [2.24, 2.45) is 0 Å². The number of nitrogens with one attached hydrogen (secondary N) is 1. The number of piperidine rings is 1. The Morgan fingerprint density at radius 3 is 2.54 bits per heavy atom. The molecule has 0 bridgehead atoms. The molecular formula is C15H22N6O2S. The molecule has 2 fully saturated rings. The predicted molar refractivity (Wildman–Crippen MR) is 90.4 cm³/mol. The molecule has 1 saturated heterocycles. The van der Waals surface area contributed by atoms with E-state index in [0.29, 0.717) is 18.9 Å². The molecular weight excluding hydrogens is 328 g/mol. The summed E-state index contributed by atoms with van der Waals surface area (Å²) < 4.78 is 28.0. The first-order valence-corrected chi connectivity index (χ1v) is 9.89. The van der Waals surface area contributed by atoms with Crippen molar-refractivity contribution < 1.29 is 8.42 Å². The standard InChI is InChI=1S/C15H22N6O2S/c1-10-11(2)18-15-16-9-17-21(15)14(10)19-12-5-7-20(8-6-12)24(22,23)13-3-4-13/h9,12-13,19H,3-8H2,1-2H3. The molecule has 1 aliphatic carbocycles. The Bertz CT molecular complexity index is 865. The van der Waals surface area contributed by atoms with Crippen molar-refractivity contribution in [3.8, 4) is 0 Å². The van der Waals surface area contributed by atoms with Crippen molar-refractivity contribution >= 4 is 21.6 Å². The largest absolute Gasteiger partial charge is 0.367 e. The summed E-state index contributed by atoms with van der Waals surface area (Å²) >= 11 is 0. The van der Waals surface area contributed by atoms with Crippen molar-refractivity contribution in [2.45, 2.75) is 50.8 Å². The average Bonchev–Trinajstić information content (AvgIpc) is 3.33. The molecule has 1 aliphatic heterocycles. The van der Waals surface area contributed by atoms with E-state index in [1.54, 1.807) is 8.82 Å². The highest BCUT2D eigenvalue weighted by Gasteiger charge is 2.41. The van der Waals surface area contributed by atoms with E-state index in [1.165, 1.54) is 6.33 Å². The highest BCUT2D eigenvalue weighted by molar-refractivity contribution is 7.90. The molecule has 8 nitrogen and oxygen atoms in total. The Labute approximate surface area is 141 Å². The highest BCUT2D eigenvalue weighted by Crippen LogP contribution is 2.32. The van der Waals surface area contributed by atoms with Gasteiger partial charge in [-0.1, -0.05) is 0 Å². The van der Waals surface area contributed by atoms with Crippen LogP contribution in [0.2, 0.25) is 0 Å². The molecule has 0 spiro atoms. The van der Waals surface area contributed by atoms with Gasteiger partial charge in [-0.2, -0.15) is 14.6 Å². The third kappa shape index (κ3) is 2.65. The van der Waals surface area contributed by atoms with Crippen LogP contribution in [0.15, 0.2) is 6.33 Å². The van der Waals surface area contributed by atoms with E-state index in [9.17, 15) is 8.42 Å². The maximum absolute atomic E-state index is 12.3. The summed E-state index contributed by atoms with van der Waals surface area (Å²) in [5, 5.41) is 7.66. The number of hydrogen-bond acceptors (Lipinski definition) is 6. The van der Waals surface area contributed by atoms with E-state index >= 15 is 0 Å². The van der Waals surface area contributed by atoms with E-state index in [0.717, 1.165) is 42.8 Å². The van der Waals surface area contributed by atoms with Gasteiger partial charge in [-0.05, 0) is 39.5 Å². The van der Waals surface area contributed by atoms with E-state index in [2.05, 4.69) is 20.4 Å². The molecule has 4 rings (SSSR count). The second-order valence-corrected chi connectivity index (χ2v) is 8.92. The molecule has 2 aromatic heterocycles. The van der Waals surface area contributed by atoms with Crippen LogP contribution >= 0.6 is 0 Å². The Balaban J connectivity index is 1.50. The summed E-state index contributed by atoms with van der Waals surface area (Å²) in [7, 11) is -3.06. The first-order chi connectivity index (χ1) is 11.5. The lowest BCUT2D eigenvalue weighted by Gasteiger charge is -2.32. The van der Waals surface area contributed by atoms with Crippen molar-refractivity contribution in [1.82, 2.24) is 23.9 Å². The maximum Gasteiger partial charge on any atom is 0.254 e. The Hall–Kier alpha value is -1.74. The molecule has 130 valence electrons. The van der Waals surface area contributed by atoms with Gasteiger partial charge in [-0.25, -0.2) is 17.7 Å². The van der Waals surface area contributed by atoms with Crippen molar-refractivity contribution in [3.05, 3.63) is 17.6 Å². The smallest absolute Gasteiger partial charge is 0.254 e. The molecule has 1 N–H and O–H groups in total. The SMILES string of the molecule is Cc1nc2ncnn2c(NC2CCN(S(=O)(=O)C3CC3)CC2)c1C. The van der Waals surface area contributed by atoms with Crippen LogP contribution in [0.5, 0.6) is 0 Å². The van der Waals surface area contributed by atoms with Crippen LogP contribution in [0.1, 0.15) is 36.9 Å². The maximum atomic E-state index is 12.3. The molecule has 0 unspecified atom stereocenters. The van der Waals surface area contributed by atoms with Crippen LogP contribution in [0.25, 0.3) is 5.78 Å². The zero-order valence-electron chi connectivity index (χ0n) is 13.9. The van der Waals surface area contributed by atoms with Crippen LogP contribution in [0, 0.1) is 13.8 Å². The molecule has 1 saturated carbocycles. The van der Waals surface area contributed by atoms with Crippen LogP contribution in [-0.2, 0) is 10.0 Å². The Morgan fingerprint density at radius 2 is 1.88 bits per heavy atom. The first-order valence-electron chi connectivity index (χ1n) is 8.39. The zero-order chi connectivity index (χ0) is 16.9. The average molecular weight is 350 g/mol. The van der Waals surface area contributed by atoms with E-state index in [1.807, 2.05) is 13.8 Å². The van der Waals surface area contributed by atoms with Gasteiger partial charge in [-0.15, -0.1) is 0 Å². The van der Waals surface area contributed by atoms with Gasteiger partial charge in [-0.3, -0.25) is 0 Å². The van der Waals surface area contributed by atoms with Gasteiger partial charge in [0.15, 0.2) is 0 Å². The van der Waals surface area contributed by atoms with Crippen LogP contribution < -0.4 is 5.32 Å². The third-order valence-corrected chi connectivity index (χ3v) is 7.41. The summed E-state index contributed by atoms with van der Waals surface area (Å²) in [6, 6.07) is 0.226. The second kappa shape index (κ2) is 5.66. The summed E-state index contributed by atoms with van der Waals surface area (Å²) in [4.78, 5) is 8.58. The first kappa shape index (κ1) is 15.8. The number of nitrogens with zero attached hydrogens (tertiary/aromatic N) is 5. The monoisotopic (exact) mass is 350 g/mol. The summed E-state index contributed by atoms with van der Waals surface area (Å²) in [5.74, 6) is 1.48. The molecule has 9 heteroatoms. The fraction of sp³-hybridized carbons (Fsp3) is 0.667. The number of anilines is 1. The summed E-state index contributed by atoms with van der Waals surface area (Å²) in [5.41, 5.74) is 1.97. The van der Waals surface area contributed by atoms with E-state index in [-0.39, 0.29) is 11.3 Å². The number of sulfonamides is 1. The quantitative estimate of drug-likeness (QED) is 0.888. The third-order valence-electron chi connectivity index (χ3n) is 5.01. The minimum atomic E-state index is -3.06. The predicted octanol–water partition coefficient (Wildman–Crippen LogP) is 1.11. The van der Waals surface area contributed by atoms with Gasteiger partial charge in [0.25, 0.3) is 5.78 Å². The van der Waals surface area contributed by atoms with E-state index < -0.39 is 10.0 Å². The van der Waals surface area contributed by atoms with Crippen molar-refractivity contribution in [2.75, 3.05) is 18.4 Å². The number of hydrogen-bond donors (Lipinski definition) is 1. The van der Waals surface area contributed by atoms with Gasteiger partial charge in [0.05, 0.1) is 5.25 Å². The van der Waals surface area contributed by atoms with Crippen molar-refractivity contribution in [1.29, 1.82) is 0 Å². The normalized spacial score (nSPS) is 20.6. The lowest BCUT2D eigenvalue weighted by atomic mass is 10.1. The van der Waals surface area contributed by atoms with Gasteiger partial charge < -0.3 is 5.32 Å². The van der Waals surface area contributed by atoms with Gasteiger partial charge in [0.2, 0.25) is 10.0 Å². The van der Waals surface area contributed by atoms with Crippen molar-refractivity contribution in [3.63, 3.8) is 0 Å². The number of aromatic nitrogens is 4. The second-order valence-electron chi connectivity index (χ2n) is 6.70. The lowest BCUT2D eigenvalue weighted by molar-refractivity contribution is 0.328. The molecule has 2 aromatic rings. The lowest BCUT2D eigenvalue weighted by Crippen LogP contribution is -2.43. The fourth-order valence-electron chi connectivity index (χ4n) is 3.23. The van der Waals surface area contributed by atoms with Crippen LogP contribution in [0.3, 0.4) is 0 Å². The minimum absolute atomic E-state index is 0.123. The van der Waals surface area contributed by atoms with Crippen LogP contribution in [0.4, 0.5) is 5.82 Å². The Morgan fingerprint density at radius 1 is 1.17 bits per heavy atom. The summed E-state index contributed by atoms with van der Waals surface area (Å²) in [6.45, 7) is 5.14. The molecule has 0 aromatic carbocycles. The topological polar surface area (TPSA) is 92.5 Å². The van der Waals surface area contributed by atoms with Crippen LogP contribution in [-0.4, -0.2) is 56.7 Å². The zero-order valence-corrected chi connectivity index (χ0v) is 14.8. The molecule has 0 radical (unpaired) electrons. The number of rotatable bonds is 4. The van der Waals surface area contributed by atoms with Gasteiger partial charge in [0.1, 0.15) is 12.1 Å². The molecule has 3 heterocycles.